The molecular weight excluding hydrogens is 220 g/mol. The van der Waals surface area contributed by atoms with Gasteiger partial charge in [0.25, 0.3) is 0 Å². The van der Waals surface area contributed by atoms with E-state index in [4.69, 9.17) is 14.2 Å². The van der Waals surface area contributed by atoms with Crippen LogP contribution >= 0.6 is 0 Å². The smallest absolute Gasteiger partial charge is 0.134 e. The first-order valence-electron chi connectivity index (χ1n) is 5.09. The first-order chi connectivity index (χ1) is 8.30. The van der Waals surface area contributed by atoms with Gasteiger partial charge >= 0.3 is 0 Å². The fourth-order valence-electron chi connectivity index (χ4n) is 1.68. The van der Waals surface area contributed by atoms with E-state index in [-0.39, 0.29) is 0 Å². The van der Waals surface area contributed by atoms with Crippen molar-refractivity contribution in [2.45, 2.75) is 0 Å². The maximum absolute atomic E-state index is 5.35. The highest BCUT2D eigenvalue weighted by Gasteiger charge is 2.15. The van der Waals surface area contributed by atoms with Crippen LogP contribution in [-0.4, -0.2) is 31.5 Å². The Morgan fingerprint density at radius 2 is 1.65 bits per heavy atom. The van der Waals surface area contributed by atoms with E-state index in [0.717, 1.165) is 11.1 Å². The summed E-state index contributed by atoms with van der Waals surface area (Å²) in [7, 11) is 4.82. The van der Waals surface area contributed by atoms with E-state index >= 15 is 0 Å². The highest BCUT2D eigenvalue weighted by atomic mass is 16.5. The van der Waals surface area contributed by atoms with Crippen LogP contribution in [0, 0.1) is 0 Å². The molecule has 1 aromatic carbocycles. The predicted molar refractivity (Wildman–Crippen MR) is 63.7 cm³/mol. The fraction of sp³-hybridized carbons (Fsp3) is 0.250. The fourth-order valence-corrected chi connectivity index (χ4v) is 1.68. The van der Waals surface area contributed by atoms with Gasteiger partial charge in [-0.2, -0.15) is 5.10 Å². The van der Waals surface area contributed by atoms with Crippen LogP contribution in [0.4, 0.5) is 0 Å². The second-order valence-corrected chi connectivity index (χ2v) is 3.39. The Morgan fingerprint density at radius 1 is 1.00 bits per heavy atom. The van der Waals surface area contributed by atoms with E-state index in [2.05, 4.69) is 10.2 Å². The van der Waals surface area contributed by atoms with Gasteiger partial charge in [-0.05, 0) is 0 Å². The van der Waals surface area contributed by atoms with Crippen molar-refractivity contribution in [1.82, 2.24) is 10.2 Å². The number of nitrogens with one attached hydrogen (secondary N) is 1. The zero-order valence-electron chi connectivity index (χ0n) is 9.98. The molecule has 0 aliphatic heterocycles. The summed E-state index contributed by atoms with van der Waals surface area (Å²) in [6.07, 6.45) is 3.50. The van der Waals surface area contributed by atoms with E-state index in [1.807, 2.05) is 12.1 Å². The number of aromatic amines is 1. The minimum Gasteiger partial charge on any atom is -0.496 e. The Bertz CT molecular complexity index is 469. The molecule has 5 nitrogen and oxygen atoms in total. The summed E-state index contributed by atoms with van der Waals surface area (Å²) >= 11 is 0. The lowest BCUT2D eigenvalue weighted by atomic mass is 10.1. The molecular formula is C12H14N2O3. The summed E-state index contributed by atoms with van der Waals surface area (Å²) in [5, 5.41) is 6.69. The summed E-state index contributed by atoms with van der Waals surface area (Å²) in [5.74, 6) is 2.05. The average molecular weight is 234 g/mol. The van der Waals surface area contributed by atoms with E-state index < -0.39 is 0 Å². The Hall–Kier alpha value is -2.17. The number of methoxy groups -OCH3 is 3. The van der Waals surface area contributed by atoms with Crippen molar-refractivity contribution in [2.24, 2.45) is 0 Å². The third-order valence-corrected chi connectivity index (χ3v) is 2.50. The Balaban J connectivity index is 2.63. The van der Waals surface area contributed by atoms with Crippen molar-refractivity contribution >= 4 is 0 Å². The second kappa shape index (κ2) is 4.78. The largest absolute Gasteiger partial charge is 0.496 e. The monoisotopic (exact) mass is 234 g/mol. The normalized spacial score (nSPS) is 10.1. The molecule has 0 spiro atoms. The number of hydrogen-bond donors (Lipinski definition) is 1. The minimum atomic E-state index is 0.683. The van der Waals surface area contributed by atoms with Gasteiger partial charge in [0, 0.05) is 23.9 Å². The standard InChI is InChI=1S/C12H14N2O3/c1-15-9-4-10(16-2)12(11(5-9)17-3)8-6-13-14-7-8/h4-7H,1-3H3,(H,13,14). The van der Waals surface area contributed by atoms with Crippen molar-refractivity contribution < 1.29 is 14.2 Å². The van der Waals surface area contributed by atoms with Gasteiger partial charge in [-0.1, -0.05) is 0 Å². The number of H-pyrrole nitrogens is 1. The van der Waals surface area contributed by atoms with Crippen molar-refractivity contribution in [1.29, 1.82) is 0 Å². The summed E-state index contributed by atoms with van der Waals surface area (Å²) in [6.45, 7) is 0. The number of aromatic nitrogens is 2. The van der Waals surface area contributed by atoms with Crippen LogP contribution in [0.15, 0.2) is 24.5 Å². The third-order valence-electron chi connectivity index (χ3n) is 2.50. The topological polar surface area (TPSA) is 56.4 Å². The van der Waals surface area contributed by atoms with E-state index in [0.29, 0.717) is 17.2 Å². The van der Waals surface area contributed by atoms with Gasteiger partial charge in [0.1, 0.15) is 17.2 Å². The summed E-state index contributed by atoms with van der Waals surface area (Å²) in [4.78, 5) is 0. The van der Waals surface area contributed by atoms with Gasteiger partial charge in [-0.3, -0.25) is 5.10 Å². The SMILES string of the molecule is COc1cc(OC)c(-c2cn[nH]c2)c(OC)c1. The highest BCUT2D eigenvalue weighted by molar-refractivity contribution is 5.77. The number of hydrogen-bond acceptors (Lipinski definition) is 4. The molecule has 0 radical (unpaired) electrons. The van der Waals surface area contributed by atoms with Crippen LogP contribution in [0.1, 0.15) is 0 Å². The molecule has 0 saturated heterocycles. The van der Waals surface area contributed by atoms with Gasteiger partial charge in [-0.15, -0.1) is 0 Å². The molecule has 0 bridgehead atoms. The average Bonchev–Trinajstić information content (AvgIpc) is 2.90. The molecule has 0 aliphatic rings. The molecule has 1 N–H and O–H groups in total. The van der Waals surface area contributed by atoms with Crippen LogP contribution in [0.25, 0.3) is 11.1 Å². The van der Waals surface area contributed by atoms with Crippen LogP contribution < -0.4 is 14.2 Å². The zero-order valence-corrected chi connectivity index (χ0v) is 9.98. The molecule has 0 fully saturated rings. The maximum atomic E-state index is 5.35. The van der Waals surface area contributed by atoms with Gasteiger partial charge in [-0.25, -0.2) is 0 Å². The lowest BCUT2D eigenvalue weighted by Crippen LogP contribution is -1.94. The van der Waals surface area contributed by atoms with E-state index in [9.17, 15) is 0 Å². The maximum Gasteiger partial charge on any atom is 0.134 e. The van der Waals surface area contributed by atoms with Crippen LogP contribution in [0.2, 0.25) is 0 Å². The first kappa shape index (κ1) is 11.3. The van der Waals surface area contributed by atoms with Gasteiger partial charge < -0.3 is 14.2 Å². The van der Waals surface area contributed by atoms with Crippen LogP contribution in [0.5, 0.6) is 17.2 Å². The van der Waals surface area contributed by atoms with Crippen molar-refractivity contribution in [3.63, 3.8) is 0 Å². The molecule has 1 heterocycles. The molecule has 90 valence electrons. The molecule has 1 aromatic heterocycles. The molecule has 5 heteroatoms. The number of ether oxygens (including phenoxy) is 3. The molecule has 2 aromatic rings. The molecule has 17 heavy (non-hydrogen) atoms. The van der Waals surface area contributed by atoms with Gasteiger partial charge in [0.2, 0.25) is 0 Å². The Morgan fingerprint density at radius 3 is 2.06 bits per heavy atom. The Kier molecular flexibility index (Phi) is 3.18. The Labute approximate surface area is 99.3 Å². The van der Waals surface area contributed by atoms with Gasteiger partial charge in [0.05, 0.1) is 33.1 Å². The van der Waals surface area contributed by atoms with E-state index in [1.165, 1.54) is 0 Å². The van der Waals surface area contributed by atoms with Gasteiger partial charge in [0.15, 0.2) is 0 Å². The first-order valence-corrected chi connectivity index (χ1v) is 5.09. The quantitative estimate of drug-likeness (QED) is 0.880. The highest BCUT2D eigenvalue weighted by Crippen LogP contribution is 2.41. The summed E-state index contributed by atoms with van der Waals surface area (Å²) in [5.41, 5.74) is 1.76. The van der Waals surface area contributed by atoms with Crippen LogP contribution in [-0.2, 0) is 0 Å². The summed E-state index contributed by atoms with van der Waals surface area (Å²) in [6, 6.07) is 3.62. The van der Waals surface area contributed by atoms with Crippen molar-refractivity contribution in [2.75, 3.05) is 21.3 Å². The molecule has 0 amide bonds. The molecule has 2 rings (SSSR count). The predicted octanol–water partition coefficient (Wildman–Crippen LogP) is 2.10. The van der Waals surface area contributed by atoms with Crippen molar-refractivity contribution in [3.8, 4) is 28.4 Å². The zero-order chi connectivity index (χ0) is 12.3. The van der Waals surface area contributed by atoms with Crippen LogP contribution in [0.3, 0.4) is 0 Å². The minimum absolute atomic E-state index is 0.683. The lowest BCUT2D eigenvalue weighted by Gasteiger charge is -2.13. The second-order valence-electron chi connectivity index (χ2n) is 3.39. The van der Waals surface area contributed by atoms with Crippen molar-refractivity contribution in [3.05, 3.63) is 24.5 Å². The van der Waals surface area contributed by atoms with E-state index in [1.54, 1.807) is 33.7 Å². The molecule has 0 aliphatic carbocycles. The molecule has 0 atom stereocenters. The number of nitrogens with zero attached hydrogens (tertiary/aromatic N) is 1. The number of rotatable bonds is 4. The lowest BCUT2D eigenvalue weighted by molar-refractivity contribution is 0.377. The molecule has 0 saturated carbocycles. The molecule has 0 unspecified atom stereocenters. The summed E-state index contributed by atoms with van der Waals surface area (Å²) < 4.78 is 15.9. The number of benzene rings is 1. The third kappa shape index (κ3) is 2.04.